The molecule has 1 aromatic heterocycles. The van der Waals surface area contributed by atoms with E-state index in [1.807, 2.05) is 18.2 Å². The van der Waals surface area contributed by atoms with Crippen LogP contribution in [0.1, 0.15) is 12.6 Å². The molecule has 3 heteroatoms. The molecule has 0 radical (unpaired) electrons. The van der Waals surface area contributed by atoms with Gasteiger partial charge in [-0.2, -0.15) is 11.8 Å². The van der Waals surface area contributed by atoms with E-state index in [0.29, 0.717) is 12.2 Å². The summed E-state index contributed by atoms with van der Waals surface area (Å²) in [4.78, 5) is 15.4. The summed E-state index contributed by atoms with van der Waals surface area (Å²) in [5.74, 6) is 1.85. The molecule has 0 aromatic carbocycles. The lowest BCUT2D eigenvalue weighted by Gasteiger charge is -1.98. The van der Waals surface area contributed by atoms with Gasteiger partial charge in [-0.1, -0.05) is 13.0 Å². The van der Waals surface area contributed by atoms with Crippen LogP contribution >= 0.6 is 11.8 Å². The second-order valence-electron chi connectivity index (χ2n) is 2.67. The highest BCUT2D eigenvalue weighted by Gasteiger charge is 2.03. The van der Waals surface area contributed by atoms with E-state index in [2.05, 4.69) is 11.9 Å². The SMILES string of the molecule is CCSCC(=O)Cc1ccccn1. The molecule has 0 aliphatic rings. The number of carbonyl (C=O) groups is 1. The van der Waals surface area contributed by atoms with E-state index in [1.165, 1.54) is 0 Å². The van der Waals surface area contributed by atoms with Gasteiger partial charge in [-0.25, -0.2) is 0 Å². The van der Waals surface area contributed by atoms with Gasteiger partial charge >= 0.3 is 0 Å². The summed E-state index contributed by atoms with van der Waals surface area (Å²) >= 11 is 1.66. The third-order valence-corrected chi connectivity index (χ3v) is 2.51. The van der Waals surface area contributed by atoms with E-state index < -0.39 is 0 Å². The molecule has 0 aliphatic carbocycles. The lowest BCUT2D eigenvalue weighted by atomic mass is 10.2. The van der Waals surface area contributed by atoms with Crippen LogP contribution in [0.25, 0.3) is 0 Å². The summed E-state index contributed by atoms with van der Waals surface area (Å²) in [5.41, 5.74) is 0.865. The Morgan fingerprint density at radius 2 is 2.38 bits per heavy atom. The highest BCUT2D eigenvalue weighted by atomic mass is 32.2. The first-order chi connectivity index (χ1) is 6.33. The zero-order chi connectivity index (χ0) is 9.52. The fourth-order valence-corrected chi connectivity index (χ4v) is 1.51. The van der Waals surface area contributed by atoms with Crippen LogP contribution in [0.5, 0.6) is 0 Å². The van der Waals surface area contributed by atoms with Crippen molar-refractivity contribution in [3.63, 3.8) is 0 Å². The predicted molar refractivity (Wildman–Crippen MR) is 55.9 cm³/mol. The quantitative estimate of drug-likeness (QED) is 0.719. The van der Waals surface area contributed by atoms with Crippen molar-refractivity contribution in [3.05, 3.63) is 30.1 Å². The highest BCUT2D eigenvalue weighted by molar-refractivity contribution is 7.99. The summed E-state index contributed by atoms with van der Waals surface area (Å²) in [7, 11) is 0. The number of hydrogen-bond donors (Lipinski definition) is 0. The van der Waals surface area contributed by atoms with Crippen LogP contribution in [-0.4, -0.2) is 22.3 Å². The average molecular weight is 195 g/mol. The van der Waals surface area contributed by atoms with Crippen LogP contribution in [-0.2, 0) is 11.2 Å². The number of Topliss-reactive ketones (excluding diaryl/α,β-unsaturated/α-hetero) is 1. The van der Waals surface area contributed by atoms with Crippen LogP contribution in [0.2, 0.25) is 0 Å². The molecule has 0 bridgehead atoms. The number of rotatable bonds is 5. The van der Waals surface area contributed by atoms with Crippen LogP contribution in [0.4, 0.5) is 0 Å². The lowest BCUT2D eigenvalue weighted by Crippen LogP contribution is -2.06. The Labute approximate surface area is 82.8 Å². The molecule has 0 saturated heterocycles. The minimum atomic E-state index is 0.255. The van der Waals surface area contributed by atoms with Gasteiger partial charge in [0.2, 0.25) is 0 Å². The smallest absolute Gasteiger partial charge is 0.148 e. The molecule has 1 heterocycles. The van der Waals surface area contributed by atoms with E-state index in [-0.39, 0.29) is 5.78 Å². The molecule has 0 spiro atoms. The molecule has 0 N–H and O–H groups in total. The predicted octanol–water partition coefficient (Wildman–Crippen LogP) is 1.95. The fraction of sp³-hybridized carbons (Fsp3) is 0.400. The van der Waals surface area contributed by atoms with Gasteiger partial charge in [-0.05, 0) is 17.9 Å². The molecule has 1 aromatic rings. The maximum atomic E-state index is 11.3. The molecule has 0 atom stereocenters. The molecule has 0 unspecified atom stereocenters. The summed E-state index contributed by atoms with van der Waals surface area (Å²) in [5, 5.41) is 0. The van der Waals surface area contributed by atoms with Gasteiger partial charge in [0, 0.05) is 18.3 Å². The van der Waals surface area contributed by atoms with Crippen molar-refractivity contribution >= 4 is 17.5 Å². The van der Waals surface area contributed by atoms with Gasteiger partial charge in [0.05, 0.1) is 5.75 Å². The van der Waals surface area contributed by atoms with Crippen molar-refractivity contribution in [2.45, 2.75) is 13.3 Å². The number of nitrogens with zero attached hydrogens (tertiary/aromatic N) is 1. The Bertz CT molecular complexity index is 261. The van der Waals surface area contributed by atoms with Crippen LogP contribution < -0.4 is 0 Å². The van der Waals surface area contributed by atoms with Crippen LogP contribution in [0.15, 0.2) is 24.4 Å². The molecule has 0 aliphatic heterocycles. The minimum Gasteiger partial charge on any atom is -0.298 e. The Hall–Kier alpha value is -0.830. The molecule has 0 saturated carbocycles. The average Bonchev–Trinajstić information content (AvgIpc) is 2.16. The number of thioether (sulfide) groups is 1. The van der Waals surface area contributed by atoms with E-state index in [1.54, 1.807) is 18.0 Å². The van der Waals surface area contributed by atoms with E-state index in [0.717, 1.165) is 11.4 Å². The summed E-state index contributed by atoms with van der Waals surface area (Å²) in [6, 6.07) is 5.64. The van der Waals surface area contributed by atoms with Gasteiger partial charge in [-0.3, -0.25) is 9.78 Å². The van der Waals surface area contributed by atoms with Crippen molar-refractivity contribution < 1.29 is 4.79 Å². The van der Waals surface area contributed by atoms with Gasteiger partial charge in [0.25, 0.3) is 0 Å². The first-order valence-electron chi connectivity index (χ1n) is 4.32. The number of ketones is 1. The van der Waals surface area contributed by atoms with Crippen LogP contribution in [0.3, 0.4) is 0 Å². The first-order valence-corrected chi connectivity index (χ1v) is 5.47. The van der Waals surface area contributed by atoms with E-state index in [9.17, 15) is 4.79 Å². The van der Waals surface area contributed by atoms with Crippen molar-refractivity contribution in [2.75, 3.05) is 11.5 Å². The molecular weight excluding hydrogens is 182 g/mol. The standard InChI is InChI=1S/C10H13NOS/c1-2-13-8-10(12)7-9-5-3-4-6-11-9/h3-6H,2,7-8H2,1H3. The Kier molecular flexibility index (Phi) is 4.54. The number of aromatic nitrogens is 1. The van der Waals surface area contributed by atoms with Gasteiger partial charge in [0.1, 0.15) is 5.78 Å². The molecule has 70 valence electrons. The highest BCUT2D eigenvalue weighted by Crippen LogP contribution is 2.02. The summed E-state index contributed by atoms with van der Waals surface area (Å²) in [6.07, 6.45) is 2.18. The summed E-state index contributed by atoms with van der Waals surface area (Å²) in [6.45, 7) is 2.05. The number of hydrogen-bond acceptors (Lipinski definition) is 3. The molecule has 13 heavy (non-hydrogen) atoms. The largest absolute Gasteiger partial charge is 0.298 e. The monoisotopic (exact) mass is 195 g/mol. The van der Waals surface area contributed by atoms with Gasteiger partial charge in [0.15, 0.2) is 0 Å². The molecular formula is C10H13NOS. The third-order valence-electron chi connectivity index (χ3n) is 1.57. The topological polar surface area (TPSA) is 30.0 Å². The van der Waals surface area contributed by atoms with Crippen molar-refractivity contribution in [1.82, 2.24) is 4.98 Å². The normalized spacial score (nSPS) is 9.92. The zero-order valence-electron chi connectivity index (χ0n) is 7.69. The van der Waals surface area contributed by atoms with Gasteiger partial charge < -0.3 is 0 Å². The van der Waals surface area contributed by atoms with Crippen molar-refractivity contribution in [2.24, 2.45) is 0 Å². The minimum absolute atomic E-state index is 0.255. The van der Waals surface area contributed by atoms with E-state index >= 15 is 0 Å². The maximum Gasteiger partial charge on any atom is 0.148 e. The molecule has 0 fully saturated rings. The third kappa shape index (κ3) is 4.08. The zero-order valence-corrected chi connectivity index (χ0v) is 8.51. The van der Waals surface area contributed by atoms with Crippen molar-refractivity contribution in [1.29, 1.82) is 0 Å². The number of pyridine rings is 1. The molecule has 1 rings (SSSR count). The Morgan fingerprint density at radius 3 is 3.00 bits per heavy atom. The maximum absolute atomic E-state index is 11.3. The second-order valence-corrected chi connectivity index (χ2v) is 3.95. The van der Waals surface area contributed by atoms with Crippen molar-refractivity contribution in [3.8, 4) is 0 Å². The van der Waals surface area contributed by atoms with Crippen LogP contribution in [0, 0.1) is 0 Å². The molecule has 0 amide bonds. The lowest BCUT2D eigenvalue weighted by molar-refractivity contribution is -0.116. The van der Waals surface area contributed by atoms with Gasteiger partial charge in [-0.15, -0.1) is 0 Å². The number of carbonyl (C=O) groups excluding carboxylic acids is 1. The second kappa shape index (κ2) is 5.75. The Morgan fingerprint density at radius 1 is 1.54 bits per heavy atom. The Balaban J connectivity index is 2.37. The summed E-state index contributed by atoms with van der Waals surface area (Å²) < 4.78 is 0. The van der Waals surface area contributed by atoms with E-state index in [4.69, 9.17) is 0 Å². The fourth-order valence-electron chi connectivity index (χ4n) is 0.972. The molecule has 2 nitrogen and oxygen atoms in total. The first kappa shape index (κ1) is 10.3.